The Hall–Kier alpha value is -2.28. The third kappa shape index (κ3) is 3.46. The highest BCUT2D eigenvalue weighted by molar-refractivity contribution is 5.77. The lowest BCUT2D eigenvalue weighted by molar-refractivity contribution is -0.147. The molecule has 2 heterocycles. The predicted molar refractivity (Wildman–Crippen MR) is 83.7 cm³/mol. The maximum absolute atomic E-state index is 13.2. The normalized spacial score (nSPS) is 17.6. The smallest absolute Gasteiger partial charge is 0.327 e. The van der Waals surface area contributed by atoms with Crippen LogP contribution in [0.3, 0.4) is 0 Å². The van der Waals surface area contributed by atoms with E-state index in [1.807, 2.05) is 0 Å². The molecule has 2 aromatic rings. The summed E-state index contributed by atoms with van der Waals surface area (Å²) in [6, 6.07) is 5.45. The van der Waals surface area contributed by atoms with E-state index in [-0.39, 0.29) is 17.7 Å². The van der Waals surface area contributed by atoms with Gasteiger partial charge < -0.3 is 9.26 Å². The van der Waals surface area contributed by atoms with Gasteiger partial charge in [-0.3, -0.25) is 4.90 Å². The number of ether oxygens (including phenoxy) is 1. The fourth-order valence-corrected chi connectivity index (χ4v) is 3.14. The van der Waals surface area contributed by atoms with E-state index < -0.39 is 6.04 Å². The highest BCUT2D eigenvalue weighted by atomic mass is 19.1. The first-order valence-corrected chi connectivity index (χ1v) is 7.96. The number of aryl methyl sites for hydroxylation is 1. The summed E-state index contributed by atoms with van der Waals surface area (Å²) in [5.74, 6) is 0.824. The molecule has 6 nitrogen and oxygen atoms in total. The van der Waals surface area contributed by atoms with Gasteiger partial charge in [-0.25, -0.2) is 9.18 Å². The van der Waals surface area contributed by atoms with Crippen LogP contribution in [0.1, 0.15) is 42.1 Å². The molecule has 1 saturated heterocycles. The Bertz CT molecular complexity index is 693. The quantitative estimate of drug-likeness (QED) is 0.801. The molecule has 0 amide bonds. The molecule has 0 unspecified atom stereocenters. The van der Waals surface area contributed by atoms with E-state index in [2.05, 4.69) is 15.0 Å². The molecule has 0 N–H and O–H groups in total. The molecular weight excluding hydrogens is 313 g/mol. The van der Waals surface area contributed by atoms with Crippen LogP contribution in [0, 0.1) is 12.7 Å². The molecule has 0 spiro atoms. The Morgan fingerprint density at radius 2 is 2.00 bits per heavy atom. The number of likely N-dealkylation sites (tertiary alicyclic amines) is 1. The summed E-state index contributed by atoms with van der Waals surface area (Å²) in [4.78, 5) is 18.6. The van der Waals surface area contributed by atoms with E-state index in [0.717, 1.165) is 18.4 Å². The fourth-order valence-electron chi connectivity index (χ4n) is 3.14. The second kappa shape index (κ2) is 7.09. The molecule has 1 atom stereocenters. The Labute approximate surface area is 139 Å². The fraction of sp³-hybridized carbons (Fsp3) is 0.471. The van der Waals surface area contributed by atoms with Crippen molar-refractivity contribution < 1.29 is 18.4 Å². The standard InChI is InChI=1S/C17H20FN3O3/c1-11-19-16(24-20-11)13-7-9-21(10-8-13)15(17(22)23-2)12-3-5-14(18)6-4-12/h3-6,13,15H,7-10H2,1-2H3/t15-/m0/s1. The number of methoxy groups -OCH3 is 1. The van der Waals surface area contributed by atoms with E-state index in [0.29, 0.717) is 24.8 Å². The summed E-state index contributed by atoms with van der Waals surface area (Å²) in [6.45, 7) is 3.19. The van der Waals surface area contributed by atoms with Crippen molar-refractivity contribution in [1.82, 2.24) is 15.0 Å². The molecular formula is C17H20FN3O3. The van der Waals surface area contributed by atoms with Gasteiger partial charge >= 0.3 is 5.97 Å². The van der Waals surface area contributed by atoms with E-state index in [4.69, 9.17) is 9.26 Å². The molecule has 0 saturated carbocycles. The molecule has 7 heteroatoms. The number of hydrogen-bond acceptors (Lipinski definition) is 6. The monoisotopic (exact) mass is 333 g/mol. The van der Waals surface area contributed by atoms with Crippen LogP contribution in [-0.4, -0.2) is 41.2 Å². The van der Waals surface area contributed by atoms with Crippen LogP contribution in [0.25, 0.3) is 0 Å². The lowest BCUT2D eigenvalue weighted by Gasteiger charge is -2.35. The predicted octanol–water partition coefficient (Wildman–Crippen LogP) is 2.61. The van der Waals surface area contributed by atoms with Gasteiger partial charge in [-0.2, -0.15) is 4.98 Å². The highest BCUT2D eigenvalue weighted by Gasteiger charge is 2.33. The van der Waals surface area contributed by atoms with Crippen LogP contribution in [0.4, 0.5) is 4.39 Å². The number of halogens is 1. The molecule has 1 fully saturated rings. The van der Waals surface area contributed by atoms with E-state index in [1.54, 1.807) is 19.1 Å². The van der Waals surface area contributed by atoms with Gasteiger partial charge in [-0.15, -0.1) is 0 Å². The van der Waals surface area contributed by atoms with Gasteiger partial charge in [0.05, 0.1) is 7.11 Å². The average Bonchev–Trinajstić information content (AvgIpc) is 3.03. The summed E-state index contributed by atoms with van der Waals surface area (Å²) in [5.41, 5.74) is 0.732. The van der Waals surface area contributed by atoms with Crippen molar-refractivity contribution in [3.05, 3.63) is 47.4 Å². The summed E-state index contributed by atoms with van der Waals surface area (Å²) in [7, 11) is 1.37. The average molecular weight is 333 g/mol. The number of carbonyl (C=O) groups is 1. The number of esters is 1. The minimum absolute atomic E-state index is 0.203. The first-order chi connectivity index (χ1) is 11.6. The lowest BCUT2D eigenvalue weighted by atomic mass is 9.94. The Balaban J connectivity index is 1.73. The summed E-state index contributed by atoms with van der Waals surface area (Å²) in [5, 5.41) is 3.83. The number of carbonyl (C=O) groups excluding carboxylic acids is 1. The van der Waals surface area contributed by atoms with Crippen LogP contribution in [0.5, 0.6) is 0 Å². The van der Waals surface area contributed by atoms with Crippen LogP contribution in [0.15, 0.2) is 28.8 Å². The molecule has 24 heavy (non-hydrogen) atoms. The van der Waals surface area contributed by atoms with Crippen LogP contribution in [-0.2, 0) is 9.53 Å². The van der Waals surface area contributed by atoms with Crippen molar-refractivity contribution in [2.24, 2.45) is 0 Å². The van der Waals surface area contributed by atoms with Crippen LogP contribution < -0.4 is 0 Å². The first kappa shape index (κ1) is 16.6. The number of piperidine rings is 1. The molecule has 128 valence electrons. The molecule has 0 bridgehead atoms. The molecule has 0 radical (unpaired) electrons. The largest absolute Gasteiger partial charge is 0.468 e. The van der Waals surface area contributed by atoms with Gasteiger partial charge in [-0.05, 0) is 37.5 Å². The van der Waals surface area contributed by atoms with Crippen molar-refractivity contribution in [2.75, 3.05) is 20.2 Å². The van der Waals surface area contributed by atoms with Gasteiger partial charge in [-0.1, -0.05) is 17.3 Å². The van der Waals surface area contributed by atoms with Gasteiger partial charge in [0.15, 0.2) is 5.82 Å². The van der Waals surface area contributed by atoms with E-state index in [1.165, 1.54) is 19.2 Å². The Morgan fingerprint density at radius 1 is 1.33 bits per heavy atom. The van der Waals surface area contributed by atoms with Crippen molar-refractivity contribution in [2.45, 2.75) is 31.7 Å². The second-order valence-corrected chi connectivity index (χ2v) is 5.97. The number of benzene rings is 1. The Kier molecular flexibility index (Phi) is 4.89. The van der Waals surface area contributed by atoms with Gasteiger partial charge in [0.1, 0.15) is 11.9 Å². The van der Waals surface area contributed by atoms with E-state index >= 15 is 0 Å². The number of aromatic nitrogens is 2. The number of nitrogens with zero attached hydrogens (tertiary/aromatic N) is 3. The molecule has 1 aromatic carbocycles. The molecule has 1 aromatic heterocycles. The van der Waals surface area contributed by atoms with Crippen LogP contribution >= 0.6 is 0 Å². The number of hydrogen-bond donors (Lipinski definition) is 0. The van der Waals surface area contributed by atoms with Gasteiger partial charge in [0.25, 0.3) is 0 Å². The maximum Gasteiger partial charge on any atom is 0.327 e. The number of rotatable bonds is 4. The SMILES string of the molecule is COC(=O)[C@H](c1ccc(F)cc1)N1CCC(c2nc(C)no2)CC1. The Morgan fingerprint density at radius 3 is 2.54 bits per heavy atom. The first-order valence-electron chi connectivity index (χ1n) is 7.96. The summed E-state index contributed by atoms with van der Waals surface area (Å²) >= 11 is 0. The maximum atomic E-state index is 13.2. The van der Waals surface area contributed by atoms with Crippen LogP contribution in [0.2, 0.25) is 0 Å². The summed E-state index contributed by atoms with van der Waals surface area (Å²) < 4.78 is 23.4. The molecule has 3 rings (SSSR count). The van der Waals surface area contributed by atoms with E-state index in [9.17, 15) is 9.18 Å². The molecule has 1 aliphatic heterocycles. The van der Waals surface area contributed by atoms with Gasteiger partial charge in [0, 0.05) is 19.0 Å². The topological polar surface area (TPSA) is 68.5 Å². The van der Waals surface area contributed by atoms with Crippen molar-refractivity contribution in [3.8, 4) is 0 Å². The highest BCUT2D eigenvalue weighted by Crippen LogP contribution is 2.32. The summed E-state index contributed by atoms with van der Waals surface area (Å²) in [6.07, 6.45) is 1.63. The zero-order chi connectivity index (χ0) is 17.1. The van der Waals surface area contributed by atoms with Crippen molar-refractivity contribution >= 4 is 5.97 Å². The third-order valence-corrected chi connectivity index (χ3v) is 4.40. The minimum Gasteiger partial charge on any atom is -0.468 e. The minimum atomic E-state index is -0.527. The zero-order valence-electron chi connectivity index (χ0n) is 13.7. The van der Waals surface area contributed by atoms with Crippen molar-refractivity contribution in [1.29, 1.82) is 0 Å². The second-order valence-electron chi connectivity index (χ2n) is 5.97. The third-order valence-electron chi connectivity index (χ3n) is 4.40. The lowest BCUT2D eigenvalue weighted by Crippen LogP contribution is -2.40. The molecule has 1 aliphatic rings. The van der Waals surface area contributed by atoms with Gasteiger partial charge in [0.2, 0.25) is 5.89 Å². The molecule has 0 aliphatic carbocycles. The van der Waals surface area contributed by atoms with Crippen molar-refractivity contribution in [3.63, 3.8) is 0 Å². The zero-order valence-corrected chi connectivity index (χ0v) is 13.7.